The molecule has 186 valence electrons. The minimum Gasteiger partial charge on any atom is -0.479 e. The molecule has 1 N–H and O–H groups in total. The molecule has 5 rings (SSSR count). The van der Waals surface area contributed by atoms with E-state index in [1.165, 1.54) is 10.4 Å². The number of anilines is 1. The highest BCUT2D eigenvalue weighted by atomic mass is 32.2. The molecule has 4 aliphatic rings. The molecule has 3 fully saturated rings. The van der Waals surface area contributed by atoms with Crippen LogP contribution in [0.2, 0.25) is 0 Å². The number of nitrogens with one attached hydrogen (secondary N) is 1. The van der Waals surface area contributed by atoms with Crippen LogP contribution < -0.4 is 10.1 Å². The summed E-state index contributed by atoms with van der Waals surface area (Å²) in [6.45, 7) is 6.29. The highest BCUT2D eigenvalue weighted by molar-refractivity contribution is 7.89. The molecule has 0 aromatic heterocycles. The Balaban J connectivity index is 1.23. The summed E-state index contributed by atoms with van der Waals surface area (Å²) in [5, 5.41) is 2.74. The van der Waals surface area contributed by atoms with E-state index in [1.54, 1.807) is 19.9 Å². The Labute approximate surface area is 199 Å². The lowest BCUT2D eigenvalue weighted by Gasteiger charge is -2.40. The predicted octanol–water partition coefficient (Wildman–Crippen LogP) is 1.48. The van der Waals surface area contributed by atoms with Gasteiger partial charge in [0.1, 0.15) is 5.75 Å². The summed E-state index contributed by atoms with van der Waals surface area (Å²) in [5.41, 5.74) is 1.01. The number of hydrogen-bond donors (Lipinski definition) is 1. The molecule has 3 saturated heterocycles. The highest BCUT2D eigenvalue weighted by Gasteiger charge is 2.42. The SMILES string of the molecule is Cc1cc2c(cc1S(=O)(=O)N1CCC(C(=O)N3CCC4(CC3)OCCO4)CC1)O[C@@H](C)C(=O)N2. The Morgan fingerprint density at radius 1 is 1.09 bits per heavy atom. The van der Waals surface area contributed by atoms with E-state index in [0.29, 0.717) is 69.0 Å². The number of fused-ring (bicyclic) bond motifs is 1. The summed E-state index contributed by atoms with van der Waals surface area (Å²) in [4.78, 5) is 27.0. The largest absolute Gasteiger partial charge is 0.479 e. The second kappa shape index (κ2) is 8.78. The van der Waals surface area contributed by atoms with E-state index >= 15 is 0 Å². The van der Waals surface area contributed by atoms with Crippen LogP contribution in [0.15, 0.2) is 17.0 Å². The Kier molecular flexibility index (Phi) is 6.07. The zero-order valence-electron chi connectivity index (χ0n) is 19.5. The molecular formula is C23H31N3O7S. The monoisotopic (exact) mass is 493 g/mol. The number of ether oxygens (including phenoxy) is 3. The second-order valence-electron chi connectivity index (χ2n) is 9.47. The molecule has 0 saturated carbocycles. The smallest absolute Gasteiger partial charge is 0.265 e. The van der Waals surface area contributed by atoms with Crippen LogP contribution in [0.1, 0.15) is 38.2 Å². The van der Waals surface area contributed by atoms with Gasteiger partial charge in [-0.05, 0) is 38.3 Å². The molecule has 1 spiro atoms. The Bertz CT molecular complexity index is 1080. The van der Waals surface area contributed by atoms with Gasteiger partial charge in [0, 0.05) is 51.0 Å². The van der Waals surface area contributed by atoms with Crippen LogP contribution >= 0.6 is 0 Å². The van der Waals surface area contributed by atoms with Crippen LogP contribution in [-0.4, -0.2) is 80.7 Å². The first-order valence-electron chi connectivity index (χ1n) is 11.9. The normalized spacial score (nSPS) is 25.6. The number of rotatable bonds is 3. The van der Waals surface area contributed by atoms with Gasteiger partial charge < -0.3 is 24.4 Å². The Morgan fingerprint density at radius 3 is 2.38 bits per heavy atom. The van der Waals surface area contributed by atoms with Gasteiger partial charge in [-0.25, -0.2) is 8.42 Å². The van der Waals surface area contributed by atoms with E-state index in [0.717, 1.165) is 0 Å². The third kappa shape index (κ3) is 4.19. The zero-order chi connectivity index (χ0) is 24.1. The van der Waals surface area contributed by atoms with Crippen LogP contribution in [0.25, 0.3) is 0 Å². The molecule has 4 heterocycles. The van der Waals surface area contributed by atoms with Gasteiger partial charge in [-0.1, -0.05) is 0 Å². The summed E-state index contributed by atoms with van der Waals surface area (Å²) in [7, 11) is -3.76. The first-order valence-corrected chi connectivity index (χ1v) is 13.3. The Morgan fingerprint density at radius 2 is 1.74 bits per heavy atom. The second-order valence-corrected chi connectivity index (χ2v) is 11.4. The predicted molar refractivity (Wildman–Crippen MR) is 122 cm³/mol. The maximum Gasteiger partial charge on any atom is 0.265 e. The fraction of sp³-hybridized carbons (Fsp3) is 0.652. The summed E-state index contributed by atoms with van der Waals surface area (Å²) < 4.78 is 45.4. The van der Waals surface area contributed by atoms with Crippen molar-refractivity contribution in [3.05, 3.63) is 17.7 Å². The number of nitrogens with zero attached hydrogens (tertiary/aromatic N) is 2. The lowest BCUT2D eigenvalue weighted by molar-refractivity contribution is -0.188. The molecule has 10 nitrogen and oxygen atoms in total. The minimum absolute atomic E-state index is 0.0907. The van der Waals surface area contributed by atoms with E-state index in [9.17, 15) is 18.0 Å². The average molecular weight is 494 g/mol. The van der Waals surface area contributed by atoms with Gasteiger partial charge in [0.05, 0.1) is 23.8 Å². The lowest BCUT2D eigenvalue weighted by atomic mass is 9.94. The van der Waals surface area contributed by atoms with E-state index in [1.807, 2.05) is 4.90 Å². The summed E-state index contributed by atoms with van der Waals surface area (Å²) in [6.07, 6.45) is 1.62. The van der Waals surface area contributed by atoms with Crippen LogP contribution in [0, 0.1) is 12.8 Å². The molecule has 34 heavy (non-hydrogen) atoms. The van der Waals surface area contributed by atoms with Gasteiger partial charge in [0.15, 0.2) is 11.9 Å². The highest BCUT2D eigenvalue weighted by Crippen LogP contribution is 2.37. The standard InChI is InChI=1S/C23H31N3O7S/c1-15-13-18-19(33-16(2)21(27)24-18)14-20(15)34(29,30)26-7-3-17(4-8-26)22(28)25-9-5-23(6-10-25)31-11-12-32-23/h13-14,16-17H,3-12H2,1-2H3,(H,24,27)/t16-/m0/s1. The van der Waals surface area contributed by atoms with Crippen molar-refractivity contribution in [2.45, 2.75) is 56.3 Å². The van der Waals surface area contributed by atoms with Crippen molar-refractivity contribution in [2.75, 3.05) is 44.7 Å². The molecule has 1 aromatic carbocycles. The molecular weight excluding hydrogens is 462 g/mol. The fourth-order valence-corrected chi connectivity index (χ4v) is 6.91. The van der Waals surface area contributed by atoms with Crippen molar-refractivity contribution in [2.24, 2.45) is 5.92 Å². The lowest BCUT2D eigenvalue weighted by Crippen LogP contribution is -2.50. The molecule has 0 bridgehead atoms. The van der Waals surface area contributed by atoms with Crippen molar-refractivity contribution in [3.63, 3.8) is 0 Å². The number of carbonyl (C=O) groups excluding carboxylic acids is 2. The molecule has 11 heteroatoms. The third-order valence-electron chi connectivity index (χ3n) is 7.28. The first kappa shape index (κ1) is 23.5. The molecule has 2 amide bonds. The van der Waals surface area contributed by atoms with Crippen molar-refractivity contribution in [3.8, 4) is 5.75 Å². The maximum atomic E-state index is 13.4. The number of amides is 2. The van der Waals surface area contributed by atoms with Gasteiger partial charge in [-0.15, -0.1) is 0 Å². The minimum atomic E-state index is -3.76. The van der Waals surface area contributed by atoms with Crippen LogP contribution in [0.3, 0.4) is 0 Å². The number of hydrogen-bond acceptors (Lipinski definition) is 7. The molecule has 4 aliphatic heterocycles. The van der Waals surface area contributed by atoms with Crippen LogP contribution in [0.4, 0.5) is 5.69 Å². The van der Waals surface area contributed by atoms with Crippen LogP contribution in [-0.2, 0) is 29.1 Å². The van der Waals surface area contributed by atoms with Crippen LogP contribution in [0.5, 0.6) is 5.75 Å². The van der Waals surface area contributed by atoms with Crippen molar-refractivity contribution < 1.29 is 32.2 Å². The number of aryl methyl sites for hydroxylation is 1. The maximum absolute atomic E-state index is 13.4. The molecule has 1 atom stereocenters. The topological polar surface area (TPSA) is 114 Å². The van der Waals surface area contributed by atoms with E-state index in [2.05, 4.69) is 5.32 Å². The van der Waals surface area contributed by atoms with E-state index in [-0.39, 0.29) is 35.7 Å². The van der Waals surface area contributed by atoms with E-state index < -0.39 is 21.9 Å². The first-order chi connectivity index (χ1) is 16.2. The van der Waals surface area contributed by atoms with Crippen molar-refractivity contribution in [1.29, 1.82) is 0 Å². The fourth-order valence-electron chi connectivity index (χ4n) is 5.21. The number of piperidine rings is 2. The molecule has 1 aromatic rings. The molecule has 0 unspecified atom stereocenters. The third-order valence-corrected chi connectivity index (χ3v) is 9.32. The summed E-state index contributed by atoms with van der Waals surface area (Å²) in [5.74, 6) is -0.533. The number of sulfonamides is 1. The molecule has 0 radical (unpaired) electrons. The average Bonchev–Trinajstić information content (AvgIpc) is 3.27. The van der Waals surface area contributed by atoms with E-state index in [4.69, 9.17) is 14.2 Å². The van der Waals surface area contributed by atoms with Gasteiger partial charge >= 0.3 is 0 Å². The number of benzene rings is 1. The summed E-state index contributed by atoms with van der Waals surface area (Å²) in [6, 6.07) is 3.12. The van der Waals surface area contributed by atoms with Crippen molar-refractivity contribution in [1.82, 2.24) is 9.21 Å². The zero-order valence-corrected chi connectivity index (χ0v) is 20.4. The number of carbonyl (C=O) groups is 2. The summed E-state index contributed by atoms with van der Waals surface area (Å²) >= 11 is 0. The van der Waals surface area contributed by atoms with Gasteiger partial charge in [0.2, 0.25) is 15.9 Å². The quantitative estimate of drug-likeness (QED) is 0.678. The van der Waals surface area contributed by atoms with Gasteiger partial charge in [-0.3, -0.25) is 9.59 Å². The molecule has 0 aliphatic carbocycles. The Hall–Kier alpha value is -2.21. The number of likely N-dealkylation sites (tertiary alicyclic amines) is 1. The van der Waals surface area contributed by atoms with Crippen molar-refractivity contribution >= 4 is 27.5 Å². The van der Waals surface area contributed by atoms with Gasteiger partial charge in [0.25, 0.3) is 5.91 Å². The van der Waals surface area contributed by atoms with Gasteiger partial charge in [-0.2, -0.15) is 4.31 Å².